The highest BCUT2D eigenvalue weighted by molar-refractivity contribution is 5.72. The number of carboxylic acids is 2. The van der Waals surface area contributed by atoms with Crippen LogP contribution >= 0.6 is 0 Å². The van der Waals surface area contributed by atoms with Crippen molar-refractivity contribution in [2.24, 2.45) is 23.7 Å². The maximum absolute atomic E-state index is 12.9. The summed E-state index contributed by atoms with van der Waals surface area (Å²) in [5.74, 6) is -3.13. The summed E-state index contributed by atoms with van der Waals surface area (Å²) in [6, 6.07) is 17.9. The lowest BCUT2D eigenvalue weighted by molar-refractivity contribution is -0.146. The zero-order valence-electron chi connectivity index (χ0n) is 24.9. The fourth-order valence-electron chi connectivity index (χ4n) is 7.15. The number of nitrogens with zero attached hydrogens (tertiary/aromatic N) is 6. The smallest absolute Gasteiger partial charge is 0.307 e. The number of rotatable bonds is 16. The van der Waals surface area contributed by atoms with Crippen molar-refractivity contribution in [3.05, 3.63) is 82.9 Å². The van der Waals surface area contributed by atoms with Gasteiger partial charge in [-0.25, -0.2) is 0 Å². The molecule has 4 aromatic rings. The van der Waals surface area contributed by atoms with Crippen LogP contribution < -0.4 is 0 Å². The molecule has 5 atom stereocenters. The number of carbonyl (C=O) groups is 2. The summed E-state index contributed by atoms with van der Waals surface area (Å²) in [5.41, 5.74) is 3.01. The number of aromatic amines is 2. The topological polar surface area (TPSA) is 184 Å². The minimum Gasteiger partial charge on any atom is -0.481 e. The Labute approximate surface area is 256 Å². The second kappa shape index (κ2) is 14.8. The van der Waals surface area contributed by atoms with Crippen LogP contribution in [0.1, 0.15) is 85.6 Å². The lowest BCUT2D eigenvalue weighted by atomic mass is 9.73. The first-order valence-corrected chi connectivity index (χ1v) is 15.5. The number of hydrogen-bond acceptors (Lipinski definition) is 8. The van der Waals surface area contributed by atoms with Gasteiger partial charge in [-0.05, 0) is 67.1 Å². The van der Waals surface area contributed by atoms with Gasteiger partial charge in [0, 0.05) is 11.8 Å². The predicted molar refractivity (Wildman–Crippen MR) is 160 cm³/mol. The van der Waals surface area contributed by atoms with E-state index in [0.717, 1.165) is 55.2 Å². The van der Waals surface area contributed by atoms with E-state index in [-0.39, 0.29) is 11.8 Å². The molecule has 0 amide bonds. The number of H-pyrrole nitrogens is 2. The Kier molecular flexibility index (Phi) is 10.4. The normalized spacial score (nSPS) is 17.1. The second-order valence-electron chi connectivity index (χ2n) is 12.0. The van der Waals surface area contributed by atoms with Gasteiger partial charge in [-0.1, -0.05) is 91.2 Å². The Morgan fingerprint density at radius 3 is 1.84 bits per heavy atom. The zero-order valence-corrected chi connectivity index (χ0v) is 24.9. The van der Waals surface area contributed by atoms with Gasteiger partial charge in [0.2, 0.25) is 0 Å². The third-order valence-corrected chi connectivity index (χ3v) is 9.17. The molecule has 232 valence electrons. The number of aliphatic carboxylic acids is 2. The largest absolute Gasteiger partial charge is 0.481 e. The number of aromatic nitrogens is 8. The summed E-state index contributed by atoms with van der Waals surface area (Å²) >= 11 is 0. The maximum Gasteiger partial charge on any atom is 0.307 e. The number of benzene rings is 2. The van der Waals surface area contributed by atoms with Crippen molar-refractivity contribution in [3.8, 4) is 0 Å². The van der Waals surface area contributed by atoms with E-state index < -0.39 is 35.6 Å². The fraction of sp³-hybridized carbons (Fsp3) is 0.500. The lowest BCUT2D eigenvalue weighted by Crippen LogP contribution is -2.33. The molecule has 2 aromatic heterocycles. The first-order valence-electron chi connectivity index (χ1n) is 15.5. The van der Waals surface area contributed by atoms with Crippen LogP contribution in [0, 0.1) is 23.7 Å². The number of hydrogen-bond donors (Lipinski definition) is 4. The SMILES string of the molecule is CCCC(Cc1ccc(CC(c2nn[nH]n2)C(C(=O)O)C2CCCC2)cc1)C(C(=O)O)C(Cc1ccccc1)c1nn[nH]n1. The van der Waals surface area contributed by atoms with Gasteiger partial charge in [0.15, 0.2) is 11.6 Å². The van der Waals surface area contributed by atoms with E-state index in [1.165, 1.54) is 0 Å². The minimum absolute atomic E-state index is 0.0843. The van der Waals surface area contributed by atoms with Crippen LogP contribution in [0.3, 0.4) is 0 Å². The Morgan fingerprint density at radius 2 is 1.32 bits per heavy atom. The van der Waals surface area contributed by atoms with Gasteiger partial charge in [0.05, 0.1) is 11.8 Å². The Bertz CT molecular complexity index is 1440. The van der Waals surface area contributed by atoms with E-state index in [2.05, 4.69) is 48.2 Å². The standard InChI is InChI=1S/C32H40N8O4/c1-2-8-24(28(32(43)44)26(30-35-39-40-36-30)18-20-9-4-3-5-10-20)17-21-13-15-22(16-14-21)19-25(29-33-37-38-34-29)27(31(41)42)23-11-6-7-12-23/h3-5,9-10,13-16,23-28H,2,6-8,11-12,17-19H2,1H3,(H,41,42)(H,43,44)(H,33,34,37,38)(H,35,36,39,40). The van der Waals surface area contributed by atoms with Crippen molar-refractivity contribution < 1.29 is 19.8 Å². The van der Waals surface area contributed by atoms with Gasteiger partial charge < -0.3 is 10.2 Å². The predicted octanol–water partition coefficient (Wildman–Crippen LogP) is 4.62. The fourth-order valence-corrected chi connectivity index (χ4v) is 7.15. The highest BCUT2D eigenvalue weighted by Gasteiger charge is 2.40. The number of carboxylic acid groups (broad SMARTS) is 2. The van der Waals surface area contributed by atoms with Crippen molar-refractivity contribution >= 4 is 11.9 Å². The summed E-state index contributed by atoms with van der Waals surface area (Å²) in [7, 11) is 0. The van der Waals surface area contributed by atoms with Crippen LogP contribution in [-0.2, 0) is 28.9 Å². The first-order chi connectivity index (χ1) is 21.4. The molecule has 1 saturated carbocycles. The average molecular weight is 601 g/mol. The van der Waals surface area contributed by atoms with Crippen molar-refractivity contribution in [2.75, 3.05) is 0 Å². The van der Waals surface area contributed by atoms with Crippen molar-refractivity contribution in [2.45, 2.75) is 76.5 Å². The molecule has 1 aliphatic carbocycles. The Hall–Kier alpha value is -4.48. The molecule has 2 heterocycles. The molecule has 0 bridgehead atoms. The van der Waals surface area contributed by atoms with E-state index in [0.29, 0.717) is 30.9 Å². The number of tetrazole rings is 2. The molecule has 44 heavy (non-hydrogen) atoms. The lowest BCUT2D eigenvalue weighted by Gasteiger charge is -2.30. The minimum atomic E-state index is -0.875. The van der Waals surface area contributed by atoms with Gasteiger partial charge in [-0.3, -0.25) is 9.59 Å². The molecule has 0 spiro atoms. The maximum atomic E-state index is 12.9. The number of nitrogens with one attached hydrogen (secondary N) is 2. The highest BCUT2D eigenvalue weighted by Crippen LogP contribution is 2.40. The van der Waals surface area contributed by atoms with Gasteiger partial charge in [-0.15, -0.1) is 20.4 Å². The molecular formula is C32H40N8O4. The van der Waals surface area contributed by atoms with Crippen LogP contribution in [0.2, 0.25) is 0 Å². The van der Waals surface area contributed by atoms with Crippen molar-refractivity contribution in [3.63, 3.8) is 0 Å². The molecule has 5 unspecified atom stereocenters. The van der Waals surface area contributed by atoms with E-state index in [9.17, 15) is 19.8 Å². The molecule has 12 heteroatoms. The average Bonchev–Trinajstić information content (AvgIpc) is 3.82. The van der Waals surface area contributed by atoms with Crippen LogP contribution in [0.15, 0.2) is 54.6 Å². The first kappa shape index (κ1) is 31.0. The molecule has 0 radical (unpaired) electrons. The molecule has 5 rings (SSSR count). The molecule has 0 saturated heterocycles. The van der Waals surface area contributed by atoms with Crippen LogP contribution in [0.4, 0.5) is 0 Å². The highest BCUT2D eigenvalue weighted by atomic mass is 16.4. The molecule has 12 nitrogen and oxygen atoms in total. The molecular weight excluding hydrogens is 560 g/mol. The zero-order chi connectivity index (χ0) is 30.9. The van der Waals surface area contributed by atoms with Gasteiger partial charge in [-0.2, -0.15) is 10.4 Å². The van der Waals surface area contributed by atoms with Crippen molar-refractivity contribution in [1.29, 1.82) is 0 Å². The van der Waals surface area contributed by atoms with Crippen molar-refractivity contribution in [1.82, 2.24) is 41.2 Å². The third-order valence-electron chi connectivity index (χ3n) is 9.17. The van der Waals surface area contributed by atoms with Gasteiger partial charge in [0.25, 0.3) is 0 Å². The summed E-state index contributed by atoms with van der Waals surface area (Å²) in [4.78, 5) is 25.4. The van der Waals surface area contributed by atoms with Gasteiger partial charge in [0.1, 0.15) is 0 Å². The summed E-state index contributed by atoms with van der Waals surface area (Å²) in [5, 5.41) is 50.0. The summed E-state index contributed by atoms with van der Waals surface area (Å²) < 4.78 is 0. The monoisotopic (exact) mass is 600 g/mol. The van der Waals surface area contributed by atoms with Crippen LogP contribution in [-0.4, -0.2) is 63.4 Å². The van der Waals surface area contributed by atoms with E-state index in [1.807, 2.05) is 54.6 Å². The third kappa shape index (κ3) is 7.53. The summed E-state index contributed by atoms with van der Waals surface area (Å²) in [6.45, 7) is 2.07. The molecule has 0 aliphatic heterocycles. The second-order valence-corrected chi connectivity index (χ2v) is 12.0. The molecule has 1 aliphatic rings. The van der Waals surface area contributed by atoms with E-state index >= 15 is 0 Å². The summed E-state index contributed by atoms with van der Waals surface area (Å²) in [6.07, 6.45) is 6.95. The van der Waals surface area contributed by atoms with E-state index in [4.69, 9.17) is 0 Å². The van der Waals surface area contributed by atoms with Gasteiger partial charge >= 0.3 is 11.9 Å². The van der Waals surface area contributed by atoms with E-state index in [1.54, 1.807) is 0 Å². The molecule has 1 fully saturated rings. The van der Waals surface area contributed by atoms with Crippen LogP contribution in [0.5, 0.6) is 0 Å². The van der Waals surface area contributed by atoms with Crippen LogP contribution in [0.25, 0.3) is 0 Å². The molecule has 2 aromatic carbocycles. The Balaban J connectivity index is 1.37. The Morgan fingerprint density at radius 1 is 0.773 bits per heavy atom. The quantitative estimate of drug-likeness (QED) is 0.142. The molecule has 4 N–H and O–H groups in total.